The molecule has 3 aromatic rings. The van der Waals surface area contributed by atoms with Crippen molar-refractivity contribution >= 4 is 17.8 Å². The molecule has 1 unspecified atom stereocenters. The lowest BCUT2D eigenvalue weighted by Crippen LogP contribution is -2.09. The van der Waals surface area contributed by atoms with Gasteiger partial charge in [0.25, 0.3) is 0 Å². The Labute approximate surface area is 164 Å². The number of carboxylic acid groups (broad SMARTS) is 1. The molecule has 1 heterocycles. The minimum absolute atomic E-state index is 0.00400. The van der Waals surface area contributed by atoms with Gasteiger partial charge in [-0.1, -0.05) is 66.2 Å². The molecule has 28 heavy (non-hydrogen) atoms. The fraction of sp³-hybridized carbons (Fsp3) is 0.167. The summed E-state index contributed by atoms with van der Waals surface area (Å²) in [6.07, 6.45) is 5.80. The molecule has 142 valence electrons. The molecule has 0 radical (unpaired) electrons. The van der Waals surface area contributed by atoms with E-state index < -0.39 is 11.9 Å². The number of benzene rings is 2. The highest BCUT2D eigenvalue weighted by atomic mass is 16.4. The SMILES string of the molecule is Cc1ccc(C(=O)c2cccn2C/C=C/c2cccc(C(C)C(=O)O)c2)cc1. The molecular weight excluding hydrogens is 350 g/mol. The first-order valence-electron chi connectivity index (χ1n) is 9.21. The van der Waals surface area contributed by atoms with E-state index in [0.29, 0.717) is 17.8 Å². The zero-order chi connectivity index (χ0) is 20.1. The number of nitrogens with zero attached hydrogens (tertiary/aromatic N) is 1. The number of carbonyl (C=O) groups excluding carboxylic acids is 1. The summed E-state index contributed by atoms with van der Waals surface area (Å²) in [5.41, 5.74) is 4.14. The van der Waals surface area contributed by atoms with Crippen molar-refractivity contribution in [1.29, 1.82) is 0 Å². The first-order chi connectivity index (χ1) is 13.5. The van der Waals surface area contributed by atoms with Crippen LogP contribution >= 0.6 is 0 Å². The predicted molar refractivity (Wildman–Crippen MR) is 111 cm³/mol. The van der Waals surface area contributed by atoms with Gasteiger partial charge in [-0.3, -0.25) is 9.59 Å². The van der Waals surface area contributed by atoms with Crippen LogP contribution in [0.2, 0.25) is 0 Å². The van der Waals surface area contributed by atoms with Gasteiger partial charge in [-0.15, -0.1) is 0 Å². The molecule has 0 bridgehead atoms. The molecule has 1 N–H and O–H groups in total. The second-order valence-electron chi connectivity index (χ2n) is 6.87. The van der Waals surface area contributed by atoms with Crippen molar-refractivity contribution in [2.24, 2.45) is 0 Å². The molecule has 0 saturated carbocycles. The van der Waals surface area contributed by atoms with Crippen molar-refractivity contribution in [3.63, 3.8) is 0 Å². The monoisotopic (exact) mass is 373 g/mol. The van der Waals surface area contributed by atoms with Crippen molar-refractivity contribution < 1.29 is 14.7 Å². The molecule has 0 fully saturated rings. The van der Waals surface area contributed by atoms with Crippen LogP contribution in [-0.2, 0) is 11.3 Å². The van der Waals surface area contributed by atoms with Gasteiger partial charge in [0.05, 0.1) is 11.6 Å². The van der Waals surface area contributed by atoms with Crippen molar-refractivity contribution in [3.8, 4) is 0 Å². The normalized spacial score (nSPS) is 12.2. The minimum Gasteiger partial charge on any atom is -0.481 e. The van der Waals surface area contributed by atoms with Crippen molar-refractivity contribution in [2.45, 2.75) is 26.3 Å². The molecule has 1 atom stereocenters. The number of hydrogen-bond acceptors (Lipinski definition) is 2. The van der Waals surface area contributed by atoms with Gasteiger partial charge in [-0.05, 0) is 37.1 Å². The Kier molecular flexibility index (Phi) is 5.90. The van der Waals surface area contributed by atoms with Crippen LogP contribution in [0.3, 0.4) is 0 Å². The third-order valence-corrected chi connectivity index (χ3v) is 4.77. The van der Waals surface area contributed by atoms with E-state index in [1.807, 2.05) is 90.5 Å². The number of allylic oxidation sites excluding steroid dienone is 1. The maximum absolute atomic E-state index is 12.8. The minimum atomic E-state index is -0.840. The molecule has 0 spiro atoms. The summed E-state index contributed by atoms with van der Waals surface area (Å²) in [6, 6.07) is 18.7. The number of carbonyl (C=O) groups is 2. The number of aryl methyl sites for hydroxylation is 1. The van der Waals surface area contributed by atoms with Crippen molar-refractivity contribution in [1.82, 2.24) is 4.57 Å². The second-order valence-corrected chi connectivity index (χ2v) is 6.87. The van der Waals surface area contributed by atoms with Crippen LogP contribution < -0.4 is 0 Å². The molecule has 0 amide bonds. The molecule has 4 heteroatoms. The smallest absolute Gasteiger partial charge is 0.310 e. The van der Waals surface area contributed by atoms with Gasteiger partial charge in [0.15, 0.2) is 0 Å². The van der Waals surface area contributed by atoms with E-state index in [4.69, 9.17) is 5.11 Å². The summed E-state index contributed by atoms with van der Waals surface area (Å²) in [4.78, 5) is 23.9. The van der Waals surface area contributed by atoms with Gasteiger partial charge >= 0.3 is 5.97 Å². The number of hydrogen-bond donors (Lipinski definition) is 1. The van der Waals surface area contributed by atoms with Crippen LogP contribution in [0.1, 0.15) is 45.6 Å². The summed E-state index contributed by atoms with van der Waals surface area (Å²) < 4.78 is 1.91. The van der Waals surface area contributed by atoms with Gasteiger partial charge in [-0.25, -0.2) is 0 Å². The van der Waals surface area contributed by atoms with Gasteiger partial charge in [0, 0.05) is 18.3 Å². The van der Waals surface area contributed by atoms with E-state index in [-0.39, 0.29) is 5.78 Å². The van der Waals surface area contributed by atoms with E-state index in [2.05, 4.69) is 0 Å². The van der Waals surface area contributed by atoms with Crippen molar-refractivity contribution in [2.75, 3.05) is 0 Å². The molecule has 0 saturated heterocycles. The standard InChI is InChI=1S/C24H23NO3/c1-17-10-12-20(13-11-17)23(26)22-9-5-15-25(22)14-4-7-19-6-3-8-21(16-19)18(2)24(27)28/h3-13,15-16,18H,14H2,1-2H3,(H,27,28)/b7-4+. The highest BCUT2D eigenvalue weighted by molar-refractivity contribution is 6.08. The number of carboxylic acids is 1. The molecule has 0 aliphatic heterocycles. The number of rotatable bonds is 7. The van der Waals surface area contributed by atoms with E-state index in [1.54, 1.807) is 6.92 Å². The maximum atomic E-state index is 12.8. The third-order valence-electron chi connectivity index (χ3n) is 4.77. The Hall–Kier alpha value is -3.40. The van der Waals surface area contributed by atoms with Crippen LogP contribution in [0.15, 0.2) is 72.9 Å². The number of aliphatic carboxylic acids is 1. The van der Waals surface area contributed by atoms with E-state index in [1.165, 1.54) is 0 Å². The Morgan fingerprint density at radius 1 is 1.07 bits per heavy atom. The second kappa shape index (κ2) is 8.53. The topological polar surface area (TPSA) is 59.3 Å². The van der Waals surface area contributed by atoms with E-state index in [0.717, 1.165) is 16.7 Å². The molecule has 4 nitrogen and oxygen atoms in total. The summed E-state index contributed by atoms with van der Waals surface area (Å²) >= 11 is 0. The largest absolute Gasteiger partial charge is 0.481 e. The fourth-order valence-electron chi connectivity index (χ4n) is 3.01. The Morgan fingerprint density at radius 3 is 2.54 bits per heavy atom. The quantitative estimate of drug-likeness (QED) is 0.598. The zero-order valence-corrected chi connectivity index (χ0v) is 16.0. The molecular formula is C24H23NO3. The molecule has 3 rings (SSSR count). The van der Waals surface area contributed by atoms with Crippen LogP contribution in [0, 0.1) is 6.92 Å². The summed E-state index contributed by atoms with van der Waals surface area (Å²) in [6.45, 7) is 4.22. The van der Waals surface area contributed by atoms with Gasteiger partial charge in [-0.2, -0.15) is 0 Å². The number of aromatic nitrogens is 1. The lowest BCUT2D eigenvalue weighted by atomic mass is 9.99. The first kappa shape index (κ1) is 19.4. The summed E-state index contributed by atoms with van der Waals surface area (Å²) in [5.74, 6) is -1.39. The van der Waals surface area contributed by atoms with Crippen LogP contribution in [0.5, 0.6) is 0 Å². The summed E-state index contributed by atoms with van der Waals surface area (Å²) in [7, 11) is 0. The highest BCUT2D eigenvalue weighted by Gasteiger charge is 2.14. The van der Waals surface area contributed by atoms with E-state index in [9.17, 15) is 9.59 Å². The van der Waals surface area contributed by atoms with Gasteiger partial charge in [0.2, 0.25) is 5.78 Å². The Morgan fingerprint density at radius 2 is 1.82 bits per heavy atom. The molecule has 2 aromatic carbocycles. The summed E-state index contributed by atoms with van der Waals surface area (Å²) in [5, 5.41) is 9.17. The van der Waals surface area contributed by atoms with Crippen LogP contribution in [-0.4, -0.2) is 21.4 Å². The lowest BCUT2D eigenvalue weighted by Gasteiger charge is -2.08. The third kappa shape index (κ3) is 4.46. The molecule has 0 aliphatic carbocycles. The Balaban J connectivity index is 1.73. The fourth-order valence-corrected chi connectivity index (χ4v) is 3.01. The van der Waals surface area contributed by atoms with Gasteiger partial charge < -0.3 is 9.67 Å². The average Bonchev–Trinajstić information content (AvgIpc) is 3.16. The average molecular weight is 373 g/mol. The van der Waals surface area contributed by atoms with Crippen LogP contribution in [0.4, 0.5) is 0 Å². The van der Waals surface area contributed by atoms with E-state index >= 15 is 0 Å². The predicted octanol–water partition coefficient (Wildman–Crippen LogP) is 4.93. The maximum Gasteiger partial charge on any atom is 0.310 e. The first-order valence-corrected chi connectivity index (χ1v) is 9.21. The lowest BCUT2D eigenvalue weighted by molar-refractivity contribution is -0.138. The highest BCUT2D eigenvalue weighted by Crippen LogP contribution is 2.18. The van der Waals surface area contributed by atoms with Gasteiger partial charge in [0.1, 0.15) is 0 Å². The van der Waals surface area contributed by atoms with Crippen molar-refractivity contribution in [3.05, 3.63) is 101 Å². The number of ketones is 1. The zero-order valence-electron chi connectivity index (χ0n) is 16.0. The molecule has 0 aliphatic rings. The molecule has 1 aromatic heterocycles. The van der Waals surface area contributed by atoms with Crippen LogP contribution in [0.25, 0.3) is 6.08 Å². The Bertz CT molecular complexity index is 1010.